The standard InChI is InChI=1S/C18H17ClN2O9S/c1-7-5-12(23)21(7)16(17(26)27)18(2,31(28)29)11-6-10(30-20-11)14(24)8-3-4-9(22)15(25)13(8)19/h3-4,6-7,16,22,25H,5H2,1-2H3,(H,26,27)(H,28,29)/t7-,16+,18+/m1/s1. The SMILES string of the molecule is C[C@@H]1CC(=O)N1[C@@H](C(=O)O)[C@](C)(c1cc(C(=O)c2ccc(O)c(O)c2Cl)on1)S(=O)O. The van der Waals surface area contributed by atoms with E-state index < -0.39 is 67.9 Å². The van der Waals surface area contributed by atoms with Gasteiger partial charge in [-0.25, -0.2) is 9.00 Å². The number of phenols is 2. The molecule has 3 rings (SSSR count). The first-order chi connectivity index (χ1) is 14.4. The molecule has 1 saturated heterocycles. The summed E-state index contributed by atoms with van der Waals surface area (Å²) in [6.45, 7) is 2.71. The van der Waals surface area contributed by atoms with Crippen molar-refractivity contribution in [2.75, 3.05) is 0 Å². The van der Waals surface area contributed by atoms with E-state index in [1.54, 1.807) is 6.92 Å². The van der Waals surface area contributed by atoms with Crippen LogP contribution >= 0.6 is 11.6 Å². The lowest BCUT2D eigenvalue weighted by Gasteiger charge is -2.46. The number of hydrogen-bond acceptors (Lipinski definition) is 8. The highest BCUT2D eigenvalue weighted by Gasteiger charge is 2.56. The van der Waals surface area contributed by atoms with Gasteiger partial charge in [-0.05, 0) is 26.0 Å². The Balaban J connectivity index is 2.06. The first kappa shape index (κ1) is 22.7. The second kappa shape index (κ2) is 7.94. The number of hydrogen-bond donors (Lipinski definition) is 4. The minimum absolute atomic E-state index is 0.0866. The number of β-lactam (4-membered cyclic amide) rings is 1. The number of rotatable bonds is 7. The Hall–Kier alpha value is -2.96. The van der Waals surface area contributed by atoms with Crippen LogP contribution in [-0.2, 0) is 25.4 Å². The van der Waals surface area contributed by atoms with Crippen LogP contribution in [-0.4, -0.2) is 63.9 Å². The van der Waals surface area contributed by atoms with Crippen LogP contribution in [0.2, 0.25) is 5.02 Å². The van der Waals surface area contributed by atoms with Gasteiger partial charge in [0.1, 0.15) is 10.4 Å². The molecule has 0 spiro atoms. The maximum atomic E-state index is 12.7. The average molecular weight is 473 g/mol. The van der Waals surface area contributed by atoms with Gasteiger partial charge in [-0.3, -0.25) is 9.59 Å². The largest absolute Gasteiger partial charge is 0.504 e. The summed E-state index contributed by atoms with van der Waals surface area (Å²) in [5.41, 5.74) is -0.608. The van der Waals surface area contributed by atoms with Gasteiger partial charge in [0.25, 0.3) is 0 Å². The first-order valence-corrected chi connectivity index (χ1v) is 10.3. The number of carbonyl (C=O) groups is 3. The summed E-state index contributed by atoms with van der Waals surface area (Å²) in [7, 11) is 0. The van der Waals surface area contributed by atoms with Crippen LogP contribution in [0.3, 0.4) is 0 Å². The van der Waals surface area contributed by atoms with E-state index in [0.29, 0.717) is 0 Å². The summed E-state index contributed by atoms with van der Waals surface area (Å²) in [4.78, 5) is 37.7. The van der Waals surface area contributed by atoms with Crippen LogP contribution in [0.15, 0.2) is 22.7 Å². The van der Waals surface area contributed by atoms with Crippen LogP contribution in [0, 0.1) is 0 Å². The minimum Gasteiger partial charge on any atom is -0.504 e. The van der Waals surface area contributed by atoms with E-state index >= 15 is 0 Å². The van der Waals surface area contributed by atoms with Gasteiger partial charge < -0.3 is 29.3 Å². The Morgan fingerprint density at radius 1 is 1.39 bits per heavy atom. The Morgan fingerprint density at radius 3 is 2.55 bits per heavy atom. The molecule has 1 aromatic carbocycles. The molecule has 0 saturated carbocycles. The fraction of sp³-hybridized carbons (Fsp3) is 0.333. The zero-order valence-corrected chi connectivity index (χ0v) is 17.7. The molecule has 1 aliphatic heterocycles. The summed E-state index contributed by atoms with van der Waals surface area (Å²) < 4.78 is 25.1. The lowest BCUT2D eigenvalue weighted by Crippen LogP contribution is -2.65. The Labute approximate surface area is 182 Å². The van der Waals surface area contributed by atoms with Crippen molar-refractivity contribution in [2.45, 2.75) is 37.1 Å². The number of halogens is 1. The number of carboxylic acids is 1. The third kappa shape index (κ3) is 3.56. The maximum absolute atomic E-state index is 12.7. The first-order valence-electron chi connectivity index (χ1n) is 8.78. The third-order valence-electron chi connectivity index (χ3n) is 5.21. The van der Waals surface area contributed by atoms with E-state index in [4.69, 9.17) is 16.1 Å². The van der Waals surface area contributed by atoms with Gasteiger partial charge in [-0.1, -0.05) is 16.8 Å². The van der Waals surface area contributed by atoms with Crippen LogP contribution in [0.4, 0.5) is 0 Å². The van der Waals surface area contributed by atoms with Gasteiger partial charge >= 0.3 is 5.97 Å². The van der Waals surface area contributed by atoms with Crippen molar-refractivity contribution in [2.24, 2.45) is 0 Å². The van der Waals surface area contributed by atoms with E-state index in [0.717, 1.165) is 30.0 Å². The molecule has 1 fully saturated rings. The number of aromatic hydroxyl groups is 2. The lowest BCUT2D eigenvalue weighted by atomic mass is 9.89. The zero-order valence-electron chi connectivity index (χ0n) is 16.1. The monoisotopic (exact) mass is 472 g/mol. The van der Waals surface area contributed by atoms with E-state index in [2.05, 4.69) is 5.16 Å². The van der Waals surface area contributed by atoms with E-state index in [1.807, 2.05) is 0 Å². The number of likely N-dealkylation sites (tertiary alicyclic amines) is 1. The van der Waals surface area contributed by atoms with Crippen molar-refractivity contribution < 1.29 is 43.0 Å². The second-order valence-electron chi connectivity index (χ2n) is 7.15. The van der Waals surface area contributed by atoms with Crippen molar-refractivity contribution >= 4 is 40.3 Å². The zero-order chi connectivity index (χ0) is 23.2. The second-order valence-corrected chi connectivity index (χ2v) is 8.88. The van der Waals surface area contributed by atoms with E-state index in [-0.39, 0.29) is 17.7 Å². The van der Waals surface area contributed by atoms with Crippen molar-refractivity contribution in [3.8, 4) is 11.5 Å². The normalized spacial score (nSPS) is 19.9. The van der Waals surface area contributed by atoms with Gasteiger partial charge in [0.2, 0.25) is 17.5 Å². The summed E-state index contributed by atoms with van der Waals surface area (Å²) in [5, 5.41) is 32.1. The number of nitrogens with zero attached hydrogens (tertiary/aromatic N) is 2. The topological polar surface area (TPSA) is 178 Å². The molecule has 13 heteroatoms. The van der Waals surface area contributed by atoms with Crippen molar-refractivity contribution in [1.82, 2.24) is 10.1 Å². The molecule has 0 radical (unpaired) electrons. The smallest absolute Gasteiger partial charge is 0.328 e. The number of carbonyl (C=O) groups excluding carboxylic acids is 2. The molecule has 4 N–H and O–H groups in total. The predicted molar refractivity (Wildman–Crippen MR) is 105 cm³/mol. The van der Waals surface area contributed by atoms with Crippen molar-refractivity contribution in [1.29, 1.82) is 0 Å². The molecule has 1 aromatic heterocycles. The van der Waals surface area contributed by atoms with E-state index in [9.17, 15) is 38.5 Å². The van der Waals surface area contributed by atoms with Gasteiger partial charge in [-0.15, -0.1) is 0 Å². The fourth-order valence-corrected chi connectivity index (χ4v) is 4.34. The molecule has 1 unspecified atom stereocenters. The number of ketones is 1. The minimum atomic E-state index is -2.85. The van der Waals surface area contributed by atoms with Crippen LogP contribution in [0.25, 0.3) is 0 Å². The van der Waals surface area contributed by atoms with Gasteiger partial charge in [0.15, 0.2) is 28.6 Å². The highest BCUT2D eigenvalue weighted by Crippen LogP contribution is 2.39. The molecule has 2 heterocycles. The molecule has 1 amide bonds. The Bertz CT molecular complexity index is 1120. The molecular formula is C18H17ClN2O9S. The molecule has 4 atom stereocenters. The number of aliphatic carboxylic acids is 1. The average Bonchev–Trinajstić information content (AvgIpc) is 3.19. The molecule has 11 nitrogen and oxygen atoms in total. The van der Waals surface area contributed by atoms with Crippen LogP contribution < -0.4 is 0 Å². The maximum Gasteiger partial charge on any atom is 0.328 e. The molecule has 0 bridgehead atoms. The van der Waals surface area contributed by atoms with Gasteiger partial charge in [-0.2, -0.15) is 0 Å². The molecule has 31 heavy (non-hydrogen) atoms. The molecular weight excluding hydrogens is 456 g/mol. The van der Waals surface area contributed by atoms with Gasteiger partial charge in [0, 0.05) is 24.1 Å². The number of carboxylic acid groups (broad SMARTS) is 1. The molecule has 1 aliphatic rings. The number of phenolic OH excluding ortho intramolecular Hbond substituents is 2. The highest BCUT2D eigenvalue weighted by atomic mass is 35.5. The third-order valence-corrected chi connectivity index (χ3v) is 6.75. The molecule has 0 aliphatic carbocycles. The summed E-state index contributed by atoms with van der Waals surface area (Å²) in [6, 6.07) is 0.871. The predicted octanol–water partition coefficient (Wildman–Crippen LogP) is 1.48. The van der Waals surface area contributed by atoms with Crippen molar-refractivity contribution in [3.05, 3.63) is 40.2 Å². The lowest BCUT2D eigenvalue weighted by molar-refractivity contribution is -0.163. The highest BCUT2D eigenvalue weighted by molar-refractivity contribution is 7.80. The molecule has 166 valence electrons. The van der Waals surface area contributed by atoms with Gasteiger partial charge in [0.05, 0.1) is 5.02 Å². The quantitative estimate of drug-likeness (QED) is 0.199. The molecule has 2 aromatic rings. The Kier molecular flexibility index (Phi) is 5.82. The number of benzene rings is 1. The summed E-state index contributed by atoms with van der Waals surface area (Å²) in [6.07, 6.45) is 0.0866. The summed E-state index contributed by atoms with van der Waals surface area (Å²) in [5.74, 6) is -4.68. The Morgan fingerprint density at radius 2 is 2.03 bits per heavy atom. The summed E-state index contributed by atoms with van der Waals surface area (Å²) >= 11 is 3.03. The van der Waals surface area contributed by atoms with Crippen LogP contribution in [0.1, 0.15) is 42.1 Å². The van der Waals surface area contributed by atoms with Crippen molar-refractivity contribution in [3.63, 3.8) is 0 Å². The number of amides is 1. The fourth-order valence-electron chi connectivity index (χ4n) is 3.41. The van der Waals surface area contributed by atoms with Crippen LogP contribution in [0.5, 0.6) is 11.5 Å². The van der Waals surface area contributed by atoms with E-state index in [1.165, 1.54) is 0 Å². The number of aromatic nitrogens is 1.